The lowest BCUT2D eigenvalue weighted by Gasteiger charge is -2.39. The second-order valence-corrected chi connectivity index (χ2v) is 12.7. The van der Waals surface area contributed by atoms with Gasteiger partial charge >= 0.3 is 5.97 Å². The third-order valence-corrected chi connectivity index (χ3v) is 8.44. The highest BCUT2D eigenvalue weighted by molar-refractivity contribution is 5.97. The minimum atomic E-state index is -0.899. The summed E-state index contributed by atoms with van der Waals surface area (Å²) >= 11 is 0. The molecule has 226 valence electrons. The third kappa shape index (κ3) is 5.39. The molecular weight excluding hydrogens is 552 g/mol. The van der Waals surface area contributed by atoms with Gasteiger partial charge in [0.2, 0.25) is 0 Å². The molecule has 3 aromatic rings. The summed E-state index contributed by atoms with van der Waals surface area (Å²) in [7, 11) is 0. The van der Waals surface area contributed by atoms with Crippen molar-refractivity contribution in [3.05, 3.63) is 51.9 Å². The van der Waals surface area contributed by atoms with Crippen molar-refractivity contribution in [2.24, 2.45) is 0 Å². The van der Waals surface area contributed by atoms with Gasteiger partial charge in [-0.2, -0.15) is 10.4 Å². The molecule has 0 radical (unpaired) electrons. The first kappa shape index (κ1) is 28.9. The smallest absolute Gasteiger partial charge is 0.335 e. The number of pyridine rings is 1. The largest absolute Gasteiger partial charge is 0.458 e. The Morgan fingerprint density at radius 2 is 2.09 bits per heavy atom. The van der Waals surface area contributed by atoms with E-state index in [1.807, 2.05) is 17.9 Å². The number of benzene rings is 1. The minimum Gasteiger partial charge on any atom is -0.458 e. The molecule has 3 aliphatic heterocycles. The van der Waals surface area contributed by atoms with Gasteiger partial charge in [0, 0.05) is 24.0 Å². The first-order valence-electron chi connectivity index (χ1n) is 14.6. The van der Waals surface area contributed by atoms with Gasteiger partial charge in [-0.3, -0.25) is 14.3 Å². The topological polar surface area (TPSA) is 152 Å². The Hall–Kier alpha value is -4.21. The normalized spacial score (nSPS) is 25.1. The number of esters is 1. The van der Waals surface area contributed by atoms with Crippen molar-refractivity contribution >= 4 is 34.3 Å². The predicted octanol–water partition coefficient (Wildman–Crippen LogP) is 3.52. The summed E-state index contributed by atoms with van der Waals surface area (Å²) in [6.45, 7) is 8.53. The van der Waals surface area contributed by atoms with E-state index >= 15 is 0 Å². The van der Waals surface area contributed by atoms with Crippen LogP contribution in [0.4, 0.5) is 11.5 Å². The van der Waals surface area contributed by atoms with Gasteiger partial charge in [0.05, 0.1) is 48.9 Å². The van der Waals surface area contributed by atoms with Crippen LogP contribution in [0.5, 0.6) is 0 Å². The number of rotatable bonds is 6. The van der Waals surface area contributed by atoms with Crippen LogP contribution >= 0.6 is 0 Å². The number of carbonyl (C=O) groups is 2. The summed E-state index contributed by atoms with van der Waals surface area (Å²) in [5, 5.41) is 18.2. The van der Waals surface area contributed by atoms with Crippen molar-refractivity contribution in [2.45, 2.75) is 82.8 Å². The molecule has 43 heavy (non-hydrogen) atoms. The van der Waals surface area contributed by atoms with Crippen LogP contribution in [0.15, 0.2) is 35.3 Å². The maximum atomic E-state index is 13.3. The number of morpholine rings is 1. The van der Waals surface area contributed by atoms with Gasteiger partial charge in [0.15, 0.2) is 11.9 Å². The number of amides is 1. The van der Waals surface area contributed by atoms with E-state index in [-0.39, 0.29) is 36.6 Å². The second kappa shape index (κ2) is 10.8. The van der Waals surface area contributed by atoms with Gasteiger partial charge < -0.3 is 29.4 Å². The predicted molar refractivity (Wildman–Crippen MR) is 157 cm³/mol. The van der Waals surface area contributed by atoms with Gasteiger partial charge in [-0.15, -0.1) is 0 Å². The van der Waals surface area contributed by atoms with Crippen LogP contribution in [0.3, 0.4) is 0 Å². The molecule has 0 spiro atoms. The molecule has 3 fully saturated rings. The quantitative estimate of drug-likeness (QED) is 0.412. The Balaban J connectivity index is 1.28. The van der Waals surface area contributed by atoms with E-state index in [4.69, 9.17) is 19.3 Å². The number of H-pyrrole nitrogens is 1. The molecule has 1 amide bonds. The molecule has 3 aliphatic rings. The van der Waals surface area contributed by atoms with Crippen LogP contribution in [0.25, 0.3) is 10.9 Å². The molecule has 0 unspecified atom stereocenters. The van der Waals surface area contributed by atoms with Crippen molar-refractivity contribution in [1.29, 1.82) is 5.26 Å². The molecule has 12 heteroatoms. The number of anilines is 2. The number of carbonyl (C=O) groups excluding carboxylic acids is 2. The Bertz CT molecular complexity index is 1670. The Kier molecular flexibility index (Phi) is 7.26. The standard InChI is InChI=1S/C31H36N6O6/c1-18-13-19(5-6-22(18)28(39)36-15-21-14-20(36)16-41-21)34-26-25-23(8-12-33-27(25)38)37(35-26)31(10-11-32)9-7-24(42-17-31)29(40)43-30(2,3)4/h5-6,8,12-13,20-21,24H,7,9-10,14-17H2,1-4H3,(H,33,38)(H,34,35)/t20-,21-,24-,31-/m0/s1. The van der Waals surface area contributed by atoms with Gasteiger partial charge in [0.25, 0.3) is 11.5 Å². The summed E-state index contributed by atoms with van der Waals surface area (Å²) in [6.07, 6.45) is 2.63. The SMILES string of the molecule is Cc1cc(Nc2nn([C@]3(CC#N)CC[C@@H](C(=O)OC(C)(C)C)OC3)c3cc[nH]c(=O)c23)ccc1C(=O)N1C[C@@H]2C[C@H]1CO2. The van der Waals surface area contributed by atoms with E-state index in [0.29, 0.717) is 54.0 Å². The molecular formula is C31H36N6O6. The monoisotopic (exact) mass is 588 g/mol. The summed E-state index contributed by atoms with van der Waals surface area (Å²) in [5.74, 6) is -0.132. The lowest BCUT2D eigenvalue weighted by Crippen LogP contribution is -2.47. The summed E-state index contributed by atoms with van der Waals surface area (Å²) in [5.41, 5.74) is 0.740. The molecule has 2 N–H and O–H groups in total. The fourth-order valence-electron chi connectivity index (χ4n) is 6.34. The molecule has 12 nitrogen and oxygen atoms in total. The van der Waals surface area contributed by atoms with Crippen molar-refractivity contribution in [3.63, 3.8) is 0 Å². The minimum absolute atomic E-state index is 0.00791. The first-order chi connectivity index (χ1) is 20.5. The van der Waals surface area contributed by atoms with E-state index in [1.54, 1.807) is 49.8 Å². The number of hydrogen-bond donors (Lipinski definition) is 2. The van der Waals surface area contributed by atoms with Crippen LogP contribution in [0.1, 0.15) is 62.4 Å². The first-order valence-corrected chi connectivity index (χ1v) is 14.6. The average Bonchev–Trinajstić information content (AvgIpc) is 3.68. The maximum absolute atomic E-state index is 13.3. The molecule has 5 heterocycles. The molecule has 2 bridgehead atoms. The van der Waals surface area contributed by atoms with Crippen molar-refractivity contribution in [1.82, 2.24) is 19.7 Å². The summed E-state index contributed by atoms with van der Waals surface area (Å²) in [4.78, 5) is 43.6. The number of ether oxygens (including phenoxy) is 3. The lowest BCUT2D eigenvalue weighted by atomic mass is 9.87. The average molecular weight is 589 g/mol. The highest BCUT2D eigenvalue weighted by Gasteiger charge is 2.44. The fraction of sp³-hybridized carbons (Fsp3) is 0.516. The number of nitrogens with one attached hydrogen (secondary N) is 2. The van der Waals surface area contributed by atoms with Crippen LogP contribution in [-0.4, -0.2) is 75.2 Å². The Labute approximate surface area is 248 Å². The highest BCUT2D eigenvalue weighted by atomic mass is 16.6. The fourth-order valence-corrected chi connectivity index (χ4v) is 6.34. The molecule has 1 aromatic carbocycles. The van der Waals surface area contributed by atoms with Crippen LogP contribution in [-0.2, 0) is 24.5 Å². The Morgan fingerprint density at radius 1 is 1.28 bits per heavy atom. The van der Waals surface area contributed by atoms with Crippen LogP contribution < -0.4 is 10.9 Å². The number of hydrogen-bond acceptors (Lipinski definition) is 9. The zero-order chi connectivity index (χ0) is 30.5. The number of nitriles is 1. The summed E-state index contributed by atoms with van der Waals surface area (Å²) < 4.78 is 18.8. The van der Waals surface area contributed by atoms with Crippen molar-refractivity contribution in [3.8, 4) is 6.07 Å². The van der Waals surface area contributed by atoms with Crippen molar-refractivity contribution in [2.75, 3.05) is 25.1 Å². The summed E-state index contributed by atoms with van der Waals surface area (Å²) in [6, 6.07) is 9.57. The van der Waals surface area contributed by atoms with Gasteiger partial charge in [-0.25, -0.2) is 4.79 Å². The van der Waals surface area contributed by atoms with Gasteiger partial charge in [0.1, 0.15) is 11.0 Å². The van der Waals surface area contributed by atoms with Gasteiger partial charge in [-0.1, -0.05) is 0 Å². The zero-order valence-corrected chi connectivity index (χ0v) is 24.8. The number of likely N-dealkylation sites (tertiary alicyclic amines) is 1. The van der Waals surface area contributed by atoms with Crippen LogP contribution in [0, 0.1) is 18.3 Å². The number of aryl methyl sites for hydroxylation is 1. The van der Waals surface area contributed by atoms with E-state index < -0.39 is 23.2 Å². The molecule has 0 saturated carbocycles. The lowest BCUT2D eigenvalue weighted by molar-refractivity contribution is -0.176. The van der Waals surface area contributed by atoms with Crippen LogP contribution in [0.2, 0.25) is 0 Å². The van der Waals surface area contributed by atoms with E-state index in [0.717, 1.165) is 12.0 Å². The third-order valence-electron chi connectivity index (χ3n) is 8.44. The molecule has 2 aromatic heterocycles. The Morgan fingerprint density at radius 3 is 2.72 bits per heavy atom. The molecule has 4 atom stereocenters. The van der Waals surface area contributed by atoms with E-state index in [9.17, 15) is 19.6 Å². The molecule has 6 rings (SSSR count). The van der Waals surface area contributed by atoms with Gasteiger partial charge in [-0.05, 0) is 76.8 Å². The number of aromatic amines is 1. The highest BCUT2D eigenvalue weighted by Crippen LogP contribution is 2.38. The second-order valence-electron chi connectivity index (χ2n) is 12.7. The maximum Gasteiger partial charge on any atom is 0.335 e. The van der Waals surface area contributed by atoms with E-state index in [1.165, 1.54) is 0 Å². The molecule has 3 saturated heterocycles. The molecule has 0 aliphatic carbocycles. The van der Waals surface area contributed by atoms with E-state index in [2.05, 4.69) is 16.4 Å². The number of aromatic nitrogens is 3. The number of fused-ring (bicyclic) bond motifs is 3. The number of nitrogens with zero attached hydrogens (tertiary/aromatic N) is 4. The zero-order valence-electron chi connectivity index (χ0n) is 24.8. The van der Waals surface area contributed by atoms with Crippen molar-refractivity contribution < 1.29 is 23.8 Å².